The van der Waals surface area contributed by atoms with Crippen LogP contribution < -0.4 is 10.1 Å². The average molecular weight is 290 g/mol. The maximum absolute atomic E-state index is 6.09. The first-order valence-corrected chi connectivity index (χ1v) is 6.95. The van der Waals surface area contributed by atoms with Gasteiger partial charge in [0, 0.05) is 11.9 Å². The summed E-state index contributed by atoms with van der Waals surface area (Å²) in [7, 11) is 1.54. The predicted molar refractivity (Wildman–Crippen MR) is 73.7 cm³/mol. The fourth-order valence-electron chi connectivity index (χ4n) is 2.14. The van der Waals surface area contributed by atoms with Crippen molar-refractivity contribution < 1.29 is 4.74 Å². The minimum Gasteiger partial charge on any atom is -0.467 e. The van der Waals surface area contributed by atoms with Crippen LogP contribution in [0.25, 0.3) is 0 Å². The monoisotopic (exact) mass is 289 g/mol. The van der Waals surface area contributed by atoms with E-state index in [1.807, 2.05) is 0 Å². The van der Waals surface area contributed by atoms with Crippen LogP contribution in [-0.2, 0) is 0 Å². The Morgan fingerprint density at radius 2 is 2.11 bits per heavy atom. The van der Waals surface area contributed by atoms with Gasteiger partial charge in [0.05, 0.1) is 13.3 Å². The lowest BCUT2D eigenvalue weighted by Gasteiger charge is -2.25. The normalized spacial score (nSPS) is 23.7. The van der Waals surface area contributed by atoms with Gasteiger partial charge in [0.1, 0.15) is 5.02 Å². The number of nitrogens with zero attached hydrogens (tertiary/aromatic N) is 2. The summed E-state index contributed by atoms with van der Waals surface area (Å²) in [4.78, 5) is 8.13. The third-order valence-corrected chi connectivity index (χ3v) is 3.95. The van der Waals surface area contributed by atoms with Crippen molar-refractivity contribution >= 4 is 29.0 Å². The Bertz CT molecular complexity index is 395. The minimum atomic E-state index is 0.325. The summed E-state index contributed by atoms with van der Waals surface area (Å²) in [6.45, 7) is 0.865. The zero-order chi connectivity index (χ0) is 13.0. The van der Waals surface area contributed by atoms with Crippen LogP contribution >= 0.6 is 23.2 Å². The van der Waals surface area contributed by atoms with Crippen LogP contribution in [0.2, 0.25) is 5.02 Å². The number of hydrogen-bond donors (Lipinski definition) is 1. The van der Waals surface area contributed by atoms with Gasteiger partial charge in [-0.2, -0.15) is 4.98 Å². The number of rotatable bonds is 4. The number of alkyl halides is 1. The smallest absolute Gasteiger partial charge is 0.318 e. The molecule has 0 unspecified atom stereocenters. The molecule has 4 nitrogen and oxygen atoms in total. The Kier molecular flexibility index (Phi) is 4.89. The van der Waals surface area contributed by atoms with Crippen molar-refractivity contribution in [1.29, 1.82) is 0 Å². The molecule has 0 spiro atoms. The van der Waals surface area contributed by atoms with E-state index in [0.717, 1.165) is 32.2 Å². The molecule has 0 amide bonds. The van der Waals surface area contributed by atoms with Gasteiger partial charge in [-0.15, -0.1) is 11.6 Å². The van der Waals surface area contributed by atoms with Crippen LogP contribution in [0, 0.1) is 5.92 Å². The number of aromatic nitrogens is 2. The van der Waals surface area contributed by atoms with E-state index < -0.39 is 0 Å². The maximum Gasteiger partial charge on any atom is 0.318 e. The molecule has 0 radical (unpaired) electrons. The van der Waals surface area contributed by atoms with Crippen molar-refractivity contribution in [2.45, 2.75) is 31.1 Å². The molecule has 1 aromatic heterocycles. The number of anilines is 1. The highest BCUT2D eigenvalue weighted by Crippen LogP contribution is 2.28. The van der Waals surface area contributed by atoms with Crippen molar-refractivity contribution in [3.8, 4) is 6.01 Å². The molecule has 0 saturated heterocycles. The number of halogens is 2. The van der Waals surface area contributed by atoms with E-state index >= 15 is 0 Å². The first kappa shape index (κ1) is 13.7. The summed E-state index contributed by atoms with van der Waals surface area (Å²) in [5, 5.41) is 4.13. The van der Waals surface area contributed by atoms with E-state index in [9.17, 15) is 0 Å². The number of nitrogens with one attached hydrogen (secondary N) is 1. The third kappa shape index (κ3) is 3.62. The predicted octanol–water partition coefficient (Wildman–Crippen LogP) is 3.35. The first-order chi connectivity index (χ1) is 8.69. The average Bonchev–Trinajstić information content (AvgIpc) is 2.40. The van der Waals surface area contributed by atoms with Crippen LogP contribution in [0.4, 0.5) is 5.82 Å². The molecule has 100 valence electrons. The van der Waals surface area contributed by atoms with E-state index in [2.05, 4.69) is 15.3 Å². The van der Waals surface area contributed by atoms with Gasteiger partial charge in [-0.3, -0.25) is 0 Å². The Hall–Kier alpha value is -0.740. The quantitative estimate of drug-likeness (QED) is 0.864. The lowest BCUT2D eigenvalue weighted by atomic mass is 9.89. The van der Waals surface area contributed by atoms with E-state index in [-0.39, 0.29) is 0 Å². The molecule has 0 atom stereocenters. The summed E-state index contributed by atoms with van der Waals surface area (Å²) in [5.74, 6) is 1.27. The highest BCUT2D eigenvalue weighted by Gasteiger charge is 2.19. The third-order valence-electron chi connectivity index (χ3n) is 3.24. The van der Waals surface area contributed by atoms with Gasteiger partial charge >= 0.3 is 6.01 Å². The van der Waals surface area contributed by atoms with Crippen LogP contribution in [0.1, 0.15) is 25.7 Å². The van der Waals surface area contributed by atoms with Crippen molar-refractivity contribution in [3.05, 3.63) is 11.2 Å². The van der Waals surface area contributed by atoms with E-state index in [0.29, 0.717) is 28.1 Å². The molecule has 2 rings (SSSR count). The fourth-order valence-corrected chi connectivity index (χ4v) is 2.55. The SMILES string of the molecule is COc1ncc(Cl)c(NCC2CCC(Cl)CC2)n1. The van der Waals surface area contributed by atoms with E-state index in [1.165, 1.54) is 7.11 Å². The summed E-state index contributed by atoms with van der Waals surface area (Å²) in [6.07, 6.45) is 6.04. The molecule has 0 aromatic carbocycles. The lowest BCUT2D eigenvalue weighted by molar-refractivity contribution is 0.374. The second kappa shape index (κ2) is 6.43. The molecular weight excluding hydrogens is 273 g/mol. The van der Waals surface area contributed by atoms with Gasteiger partial charge in [-0.1, -0.05) is 11.6 Å². The van der Waals surface area contributed by atoms with Gasteiger partial charge in [0.2, 0.25) is 0 Å². The minimum absolute atomic E-state index is 0.325. The number of hydrogen-bond acceptors (Lipinski definition) is 4. The van der Waals surface area contributed by atoms with Crippen molar-refractivity contribution in [2.24, 2.45) is 5.92 Å². The Morgan fingerprint density at radius 3 is 2.78 bits per heavy atom. The molecule has 1 N–H and O–H groups in total. The van der Waals surface area contributed by atoms with Gasteiger partial charge in [-0.05, 0) is 31.6 Å². The van der Waals surface area contributed by atoms with Crippen LogP contribution in [0.5, 0.6) is 6.01 Å². The van der Waals surface area contributed by atoms with E-state index in [1.54, 1.807) is 6.20 Å². The molecule has 1 saturated carbocycles. The molecule has 6 heteroatoms. The largest absolute Gasteiger partial charge is 0.467 e. The molecule has 1 heterocycles. The van der Waals surface area contributed by atoms with Crippen molar-refractivity contribution in [1.82, 2.24) is 9.97 Å². The zero-order valence-corrected chi connectivity index (χ0v) is 11.8. The van der Waals surface area contributed by atoms with Gasteiger partial charge in [0.25, 0.3) is 0 Å². The number of methoxy groups -OCH3 is 1. The molecule has 1 fully saturated rings. The molecule has 1 aliphatic rings. The molecule has 0 aliphatic heterocycles. The summed E-state index contributed by atoms with van der Waals surface area (Å²) < 4.78 is 4.98. The second-order valence-electron chi connectivity index (χ2n) is 4.55. The standard InChI is InChI=1S/C12H17Cl2N3O/c1-18-12-16-7-10(14)11(17-12)15-6-8-2-4-9(13)5-3-8/h7-9H,2-6H2,1H3,(H,15,16,17). The van der Waals surface area contributed by atoms with Gasteiger partial charge < -0.3 is 10.1 Å². The topological polar surface area (TPSA) is 47.0 Å². The first-order valence-electron chi connectivity index (χ1n) is 6.13. The van der Waals surface area contributed by atoms with Crippen LogP contribution in [0.3, 0.4) is 0 Å². The van der Waals surface area contributed by atoms with Crippen LogP contribution in [0.15, 0.2) is 6.20 Å². The molecular formula is C12H17Cl2N3O. The zero-order valence-electron chi connectivity index (χ0n) is 10.3. The molecule has 18 heavy (non-hydrogen) atoms. The summed E-state index contributed by atoms with van der Waals surface area (Å²) in [6, 6.07) is 0.325. The molecule has 1 aliphatic carbocycles. The lowest BCUT2D eigenvalue weighted by Crippen LogP contribution is -2.21. The fraction of sp³-hybridized carbons (Fsp3) is 0.667. The highest BCUT2D eigenvalue weighted by molar-refractivity contribution is 6.32. The van der Waals surface area contributed by atoms with Gasteiger partial charge in [0.15, 0.2) is 5.82 Å². The van der Waals surface area contributed by atoms with Crippen molar-refractivity contribution in [3.63, 3.8) is 0 Å². The maximum atomic E-state index is 6.09. The van der Waals surface area contributed by atoms with Crippen LogP contribution in [-0.4, -0.2) is 29.0 Å². The summed E-state index contributed by atoms with van der Waals surface area (Å²) >= 11 is 12.1. The second-order valence-corrected chi connectivity index (χ2v) is 5.58. The molecule has 1 aromatic rings. The van der Waals surface area contributed by atoms with Crippen molar-refractivity contribution in [2.75, 3.05) is 19.0 Å². The van der Waals surface area contributed by atoms with Gasteiger partial charge in [-0.25, -0.2) is 4.98 Å². The highest BCUT2D eigenvalue weighted by atomic mass is 35.5. The number of ether oxygens (including phenoxy) is 1. The Labute approximate surface area is 117 Å². The summed E-state index contributed by atoms with van der Waals surface area (Å²) in [5.41, 5.74) is 0. The van der Waals surface area contributed by atoms with E-state index in [4.69, 9.17) is 27.9 Å². The molecule has 0 bridgehead atoms. The Balaban J connectivity index is 1.89. The Morgan fingerprint density at radius 1 is 1.39 bits per heavy atom.